The van der Waals surface area contributed by atoms with Crippen molar-refractivity contribution in [2.75, 3.05) is 0 Å². The molecule has 1 aromatic carbocycles. The van der Waals surface area contributed by atoms with Gasteiger partial charge in [-0.3, -0.25) is 4.98 Å². The van der Waals surface area contributed by atoms with Crippen molar-refractivity contribution < 1.29 is 8.42 Å². The Labute approximate surface area is 184 Å². The minimum atomic E-state index is -3.29. The third-order valence-electron chi connectivity index (χ3n) is 5.58. The number of benzene rings is 1. The van der Waals surface area contributed by atoms with Gasteiger partial charge in [-0.25, -0.2) is 13.1 Å². The molecule has 4 rings (SSSR count). The van der Waals surface area contributed by atoms with Gasteiger partial charge in [0.2, 0.25) is 10.0 Å². The summed E-state index contributed by atoms with van der Waals surface area (Å²) in [4.78, 5) is 4.06. The SMILES string of the molecule is C[C@@H](NS(=O)(=O)C1CC1)c1cn(CC(C)(C)C)c2cc(-c3ccncc3C#N)ccc12. The van der Waals surface area contributed by atoms with Gasteiger partial charge in [0, 0.05) is 47.6 Å². The minimum absolute atomic E-state index is 0.0461. The van der Waals surface area contributed by atoms with Crippen molar-refractivity contribution in [3.8, 4) is 17.2 Å². The molecule has 162 valence electrons. The first-order valence-corrected chi connectivity index (χ1v) is 12.1. The summed E-state index contributed by atoms with van der Waals surface area (Å²) in [6.07, 6.45) is 6.81. The maximum Gasteiger partial charge on any atom is 0.215 e. The highest BCUT2D eigenvalue weighted by Crippen LogP contribution is 2.35. The topological polar surface area (TPSA) is 87.8 Å². The van der Waals surface area contributed by atoms with Gasteiger partial charge in [0.1, 0.15) is 6.07 Å². The third kappa shape index (κ3) is 4.51. The van der Waals surface area contributed by atoms with E-state index in [0.717, 1.165) is 47.0 Å². The molecule has 2 heterocycles. The van der Waals surface area contributed by atoms with E-state index in [-0.39, 0.29) is 16.7 Å². The second-order valence-electron chi connectivity index (χ2n) is 9.62. The molecule has 0 radical (unpaired) electrons. The van der Waals surface area contributed by atoms with E-state index in [0.29, 0.717) is 5.56 Å². The van der Waals surface area contributed by atoms with Gasteiger partial charge in [-0.1, -0.05) is 32.9 Å². The zero-order valence-electron chi connectivity index (χ0n) is 18.4. The lowest BCUT2D eigenvalue weighted by Gasteiger charge is -2.20. The van der Waals surface area contributed by atoms with Gasteiger partial charge < -0.3 is 4.57 Å². The monoisotopic (exact) mass is 436 g/mol. The highest BCUT2D eigenvalue weighted by atomic mass is 32.2. The van der Waals surface area contributed by atoms with Gasteiger partial charge in [0.15, 0.2) is 0 Å². The molecule has 6 nitrogen and oxygen atoms in total. The highest BCUT2D eigenvalue weighted by Gasteiger charge is 2.37. The first kappa shape index (κ1) is 21.5. The molecule has 3 aromatic rings. The van der Waals surface area contributed by atoms with E-state index in [1.54, 1.807) is 12.4 Å². The Balaban J connectivity index is 1.82. The smallest absolute Gasteiger partial charge is 0.215 e. The number of nitriles is 1. The second-order valence-corrected chi connectivity index (χ2v) is 11.6. The minimum Gasteiger partial charge on any atom is -0.347 e. The predicted octanol–water partition coefficient (Wildman–Crippen LogP) is 4.76. The largest absolute Gasteiger partial charge is 0.347 e. The number of nitrogens with one attached hydrogen (secondary N) is 1. The summed E-state index contributed by atoms with van der Waals surface area (Å²) in [6.45, 7) is 9.23. The molecule has 1 atom stereocenters. The van der Waals surface area contributed by atoms with E-state index in [9.17, 15) is 13.7 Å². The molecule has 2 aromatic heterocycles. The molecule has 7 heteroatoms. The fraction of sp³-hybridized carbons (Fsp3) is 0.417. The number of pyridine rings is 1. The van der Waals surface area contributed by atoms with Crippen LogP contribution in [0.15, 0.2) is 42.9 Å². The zero-order valence-corrected chi connectivity index (χ0v) is 19.2. The van der Waals surface area contributed by atoms with Crippen LogP contribution in [0.2, 0.25) is 0 Å². The molecule has 1 fully saturated rings. The number of nitrogens with zero attached hydrogens (tertiary/aromatic N) is 3. The zero-order chi connectivity index (χ0) is 22.4. The van der Waals surface area contributed by atoms with Crippen LogP contribution in [-0.2, 0) is 16.6 Å². The van der Waals surface area contributed by atoms with Crippen LogP contribution >= 0.6 is 0 Å². The maximum absolute atomic E-state index is 12.5. The summed E-state index contributed by atoms with van der Waals surface area (Å²) < 4.78 is 30.1. The van der Waals surface area contributed by atoms with Crippen LogP contribution < -0.4 is 4.72 Å². The fourth-order valence-corrected chi connectivity index (χ4v) is 5.56. The quantitative estimate of drug-likeness (QED) is 0.603. The third-order valence-corrected chi connectivity index (χ3v) is 7.61. The Morgan fingerprint density at radius 1 is 1.29 bits per heavy atom. The summed E-state index contributed by atoms with van der Waals surface area (Å²) >= 11 is 0. The first-order chi connectivity index (χ1) is 14.6. The Kier molecular flexibility index (Phi) is 5.40. The average Bonchev–Trinajstić information content (AvgIpc) is 3.51. The van der Waals surface area contributed by atoms with E-state index in [1.807, 2.05) is 25.1 Å². The summed E-state index contributed by atoms with van der Waals surface area (Å²) in [7, 11) is -3.29. The van der Waals surface area contributed by atoms with E-state index in [2.05, 4.69) is 53.4 Å². The number of hydrogen-bond acceptors (Lipinski definition) is 4. The van der Waals surface area contributed by atoms with Crippen LogP contribution in [0.5, 0.6) is 0 Å². The van der Waals surface area contributed by atoms with Crippen molar-refractivity contribution >= 4 is 20.9 Å². The summed E-state index contributed by atoms with van der Waals surface area (Å²) in [5, 5.41) is 10.2. The molecule has 0 amide bonds. The van der Waals surface area contributed by atoms with Crippen molar-refractivity contribution in [2.45, 2.75) is 58.4 Å². The van der Waals surface area contributed by atoms with Gasteiger partial charge in [0.25, 0.3) is 0 Å². The number of fused-ring (bicyclic) bond motifs is 1. The number of rotatable bonds is 6. The standard InChI is InChI=1S/C24H28N4O2S/c1-16(27-31(29,30)19-6-7-19)22-14-28(15-24(2,3)4)23-11-17(5-8-21(22)23)20-9-10-26-13-18(20)12-25/h5,8-11,13-14,16,19,27H,6-7,15H2,1-4H3/t16-/m1/s1. The molecule has 1 aliphatic carbocycles. The number of sulfonamides is 1. The van der Waals surface area contributed by atoms with Crippen LogP contribution in [0.1, 0.15) is 57.7 Å². The Morgan fingerprint density at radius 2 is 2.03 bits per heavy atom. The molecule has 31 heavy (non-hydrogen) atoms. The Hall–Kier alpha value is -2.69. The van der Waals surface area contributed by atoms with Gasteiger partial charge in [-0.05, 0) is 48.4 Å². The van der Waals surface area contributed by atoms with Crippen molar-refractivity contribution in [3.63, 3.8) is 0 Å². The number of aromatic nitrogens is 2. The average molecular weight is 437 g/mol. The van der Waals surface area contributed by atoms with Gasteiger partial charge in [0.05, 0.1) is 10.8 Å². The molecule has 1 saturated carbocycles. The van der Waals surface area contributed by atoms with Crippen LogP contribution in [0, 0.1) is 16.7 Å². The lowest BCUT2D eigenvalue weighted by atomic mass is 9.96. The van der Waals surface area contributed by atoms with Crippen LogP contribution in [0.4, 0.5) is 0 Å². The Bertz CT molecular complexity index is 1280. The lowest BCUT2D eigenvalue weighted by molar-refractivity contribution is 0.349. The first-order valence-electron chi connectivity index (χ1n) is 10.6. The van der Waals surface area contributed by atoms with Crippen LogP contribution in [-0.4, -0.2) is 23.2 Å². The highest BCUT2D eigenvalue weighted by molar-refractivity contribution is 7.90. The van der Waals surface area contributed by atoms with Crippen molar-refractivity contribution in [3.05, 3.63) is 54.0 Å². The van der Waals surface area contributed by atoms with Crippen LogP contribution in [0.3, 0.4) is 0 Å². The van der Waals surface area contributed by atoms with E-state index >= 15 is 0 Å². The summed E-state index contributed by atoms with van der Waals surface area (Å²) in [6, 6.07) is 9.85. The second kappa shape index (κ2) is 7.77. The molecule has 0 saturated heterocycles. The van der Waals surface area contributed by atoms with E-state index in [1.165, 1.54) is 0 Å². The van der Waals surface area contributed by atoms with Gasteiger partial charge >= 0.3 is 0 Å². The summed E-state index contributed by atoms with van der Waals surface area (Å²) in [5.74, 6) is 0. The fourth-order valence-electron chi connectivity index (χ4n) is 3.99. The molecular formula is C24H28N4O2S. The van der Waals surface area contributed by atoms with E-state index < -0.39 is 10.0 Å². The molecule has 1 aliphatic rings. The van der Waals surface area contributed by atoms with E-state index in [4.69, 9.17) is 0 Å². The van der Waals surface area contributed by atoms with Crippen molar-refractivity contribution in [1.29, 1.82) is 5.26 Å². The predicted molar refractivity (Wildman–Crippen MR) is 123 cm³/mol. The molecule has 1 N–H and O–H groups in total. The van der Waals surface area contributed by atoms with Crippen molar-refractivity contribution in [1.82, 2.24) is 14.3 Å². The molecule has 0 spiro atoms. The lowest BCUT2D eigenvalue weighted by Crippen LogP contribution is -2.29. The molecule has 0 bridgehead atoms. The molecule has 0 aliphatic heterocycles. The van der Waals surface area contributed by atoms with Crippen LogP contribution in [0.25, 0.3) is 22.0 Å². The normalized spacial score (nSPS) is 15.7. The number of hydrogen-bond donors (Lipinski definition) is 1. The Morgan fingerprint density at radius 3 is 2.68 bits per heavy atom. The maximum atomic E-state index is 12.5. The van der Waals surface area contributed by atoms with Crippen molar-refractivity contribution in [2.24, 2.45) is 5.41 Å². The molecular weight excluding hydrogens is 408 g/mol. The summed E-state index contributed by atoms with van der Waals surface area (Å²) in [5.41, 5.74) is 4.35. The van der Waals surface area contributed by atoms with Gasteiger partial charge in [-0.15, -0.1) is 0 Å². The molecule has 0 unspecified atom stereocenters. The van der Waals surface area contributed by atoms with Gasteiger partial charge in [-0.2, -0.15) is 5.26 Å².